The van der Waals surface area contributed by atoms with E-state index in [0.717, 1.165) is 19.3 Å². The number of aliphatic hydroxyl groups excluding tert-OH is 1. The number of aliphatic hydroxyl groups is 1. The van der Waals surface area contributed by atoms with Crippen molar-refractivity contribution in [3.8, 4) is 0 Å². The van der Waals surface area contributed by atoms with Crippen molar-refractivity contribution < 1.29 is 18.1 Å². The van der Waals surface area contributed by atoms with E-state index in [4.69, 9.17) is 9.66 Å². The first-order valence-corrected chi connectivity index (χ1v) is 7.08. The predicted molar refractivity (Wildman–Crippen MR) is 58.8 cm³/mol. The highest BCUT2D eigenvalue weighted by atomic mass is 32.9. The monoisotopic (exact) mass is 242 g/mol. The lowest BCUT2D eigenvalue weighted by Gasteiger charge is -2.10. The highest BCUT2D eigenvalue weighted by Crippen LogP contribution is 2.11. The van der Waals surface area contributed by atoms with Crippen LogP contribution < -0.4 is 0 Å². The van der Waals surface area contributed by atoms with E-state index in [2.05, 4.69) is 15.4 Å². The molecule has 0 amide bonds. The van der Waals surface area contributed by atoms with Crippen LogP contribution in [0, 0.1) is 5.92 Å². The van der Waals surface area contributed by atoms with Crippen LogP contribution in [0.5, 0.6) is 0 Å². The lowest BCUT2D eigenvalue weighted by atomic mass is 10.0. The van der Waals surface area contributed by atoms with E-state index in [9.17, 15) is 4.21 Å². The fourth-order valence-electron chi connectivity index (χ4n) is 1.12. The van der Waals surface area contributed by atoms with E-state index < -0.39 is 9.05 Å². The molecule has 86 valence electrons. The summed E-state index contributed by atoms with van der Waals surface area (Å²) in [5, 5.41) is 8.88. The molecule has 14 heavy (non-hydrogen) atoms. The van der Waals surface area contributed by atoms with Crippen LogP contribution in [0.15, 0.2) is 0 Å². The largest absolute Gasteiger partial charge is 0.396 e. The Kier molecular flexibility index (Phi) is 7.66. The highest BCUT2D eigenvalue weighted by molar-refractivity contribution is 8.27. The van der Waals surface area contributed by atoms with Crippen LogP contribution >= 0.6 is 0 Å². The van der Waals surface area contributed by atoms with E-state index in [1.807, 2.05) is 6.92 Å². The predicted octanol–water partition coefficient (Wildman–Crippen LogP) is 1.33. The Morgan fingerprint density at radius 1 is 1.50 bits per heavy atom. The van der Waals surface area contributed by atoms with Crippen molar-refractivity contribution >= 4 is 20.2 Å². The Morgan fingerprint density at radius 2 is 2.14 bits per heavy atom. The maximum absolute atomic E-state index is 10.5. The molecule has 0 aromatic heterocycles. The summed E-state index contributed by atoms with van der Waals surface area (Å²) in [6.07, 6.45) is 3.45. The molecule has 2 atom stereocenters. The van der Waals surface area contributed by atoms with E-state index >= 15 is 0 Å². The first kappa shape index (κ1) is 14.2. The molecule has 0 rings (SSSR count). The summed E-state index contributed by atoms with van der Waals surface area (Å²) in [6.45, 7) is 2.44. The second-order valence-electron chi connectivity index (χ2n) is 3.20. The maximum Gasteiger partial charge on any atom is 0.266 e. The maximum atomic E-state index is 10.5. The molecule has 0 bridgehead atoms. The Bertz CT molecular complexity index is 221. The second kappa shape index (κ2) is 7.53. The van der Waals surface area contributed by atoms with Crippen molar-refractivity contribution in [1.29, 1.82) is 0 Å². The minimum Gasteiger partial charge on any atom is -0.396 e. The van der Waals surface area contributed by atoms with Crippen LogP contribution in [0.2, 0.25) is 0 Å². The second-order valence-corrected chi connectivity index (χ2v) is 5.56. The number of hydrogen-bond acceptors (Lipinski definition) is 4. The SMILES string of the molecule is CCC(CO)CCCCOS(=O)(O)=S. The highest BCUT2D eigenvalue weighted by Gasteiger charge is 2.04. The van der Waals surface area contributed by atoms with Crippen molar-refractivity contribution in [2.45, 2.75) is 32.6 Å². The van der Waals surface area contributed by atoms with Gasteiger partial charge in [-0.3, -0.25) is 8.74 Å². The molecule has 0 aliphatic carbocycles. The number of rotatable bonds is 8. The minimum atomic E-state index is -3.45. The normalized spacial score (nSPS) is 17.6. The molecule has 0 radical (unpaired) electrons. The van der Waals surface area contributed by atoms with Crippen LogP contribution in [0.1, 0.15) is 32.6 Å². The van der Waals surface area contributed by atoms with Gasteiger partial charge in [-0.15, -0.1) is 0 Å². The van der Waals surface area contributed by atoms with Crippen molar-refractivity contribution in [3.05, 3.63) is 0 Å². The van der Waals surface area contributed by atoms with Crippen LogP contribution in [0.4, 0.5) is 0 Å². The van der Waals surface area contributed by atoms with Gasteiger partial charge in [-0.25, -0.2) is 0 Å². The molecule has 0 heterocycles. The Hall–Kier alpha value is 0.250. The van der Waals surface area contributed by atoms with Gasteiger partial charge in [0.05, 0.1) is 6.61 Å². The van der Waals surface area contributed by atoms with Gasteiger partial charge in [0.2, 0.25) is 0 Å². The number of unbranched alkanes of at least 4 members (excludes halogenated alkanes) is 1. The van der Waals surface area contributed by atoms with Gasteiger partial charge in [0.1, 0.15) is 0 Å². The van der Waals surface area contributed by atoms with Gasteiger partial charge in [0, 0.05) is 17.8 Å². The first-order chi connectivity index (χ1) is 6.49. The molecule has 6 heteroatoms. The zero-order chi connectivity index (χ0) is 11.0. The Morgan fingerprint density at radius 3 is 2.57 bits per heavy atom. The zero-order valence-electron chi connectivity index (χ0n) is 8.35. The van der Waals surface area contributed by atoms with Crippen LogP contribution in [-0.4, -0.2) is 27.1 Å². The molecule has 0 fully saturated rings. The molecule has 2 unspecified atom stereocenters. The Labute approximate surface area is 90.4 Å². The summed E-state index contributed by atoms with van der Waals surface area (Å²) in [5.74, 6) is 0.331. The molecule has 2 N–H and O–H groups in total. The number of hydrogen-bond donors (Lipinski definition) is 2. The average molecular weight is 242 g/mol. The third kappa shape index (κ3) is 8.83. The quantitative estimate of drug-likeness (QED) is 0.628. The van der Waals surface area contributed by atoms with Crippen LogP contribution in [0.25, 0.3) is 0 Å². The molecule has 4 nitrogen and oxygen atoms in total. The van der Waals surface area contributed by atoms with Crippen molar-refractivity contribution in [2.75, 3.05) is 13.2 Å². The standard InChI is InChI=1S/C8H18O4S2/c1-2-8(7-9)5-3-4-6-12-14(10,11)13/h8-9H,2-7H2,1H3,(H,10,11,13). The molecular weight excluding hydrogens is 224 g/mol. The zero-order valence-corrected chi connectivity index (χ0v) is 9.98. The molecule has 0 aliphatic heterocycles. The van der Waals surface area contributed by atoms with Crippen molar-refractivity contribution in [2.24, 2.45) is 5.92 Å². The summed E-state index contributed by atoms with van der Waals surface area (Å²) >= 11 is 4.15. The molecule has 0 saturated heterocycles. The van der Waals surface area contributed by atoms with Crippen molar-refractivity contribution in [3.63, 3.8) is 0 Å². The summed E-state index contributed by atoms with van der Waals surface area (Å²) in [4.78, 5) is 0. The molecule has 0 saturated carbocycles. The summed E-state index contributed by atoms with van der Waals surface area (Å²) < 4.78 is 23.6. The third-order valence-electron chi connectivity index (χ3n) is 2.07. The van der Waals surface area contributed by atoms with Gasteiger partial charge in [-0.1, -0.05) is 19.8 Å². The third-order valence-corrected chi connectivity index (χ3v) is 2.83. The van der Waals surface area contributed by atoms with Gasteiger partial charge in [-0.05, 0) is 18.8 Å². The van der Waals surface area contributed by atoms with E-state index in [1.54, 1.807) is 0 Å². The van der Waals surface area contributed by atoms with Gasteiger partial charge in [0.25, 0.3) is 9.05 Å². The summed E-state index contributed by atoms with van der Waals surface area (Å²) in [6, 6.07) is 0. The lowest BCUT2D eigenvalue weighted by molar-refractivity contribution is 0.208. The summed E-state index contributed by atoms with van der Waals surface area (Å²) in [7, 11) is -3.45. The van der Waals surface area contributed by atoms with Gasteiger partial charge >= 0.3 is 0 Å². The van der Waals surface area contributed by atoms with E-state index in [0.29, 0.717) is 12.3 Å². The molecule has 0 aromatic carbocycles. The lowest BCUT2D eigenvalue weighted by Crippen LogP contribution is -2.06. The first-order valence-electron chi connectivity index (χ1n) is 4.72. The molecular formula is C8H18O4S2. The van der Waals surface area contributed by atoms with Gasteiger partial charge < -0.3 is 5.11 Å². The molecule has 0 aromatic rings. The average Bonchev–Trinajstić information content (AvgIpc) is 2.09. The smallest absolute Gasteiger partial charge is 0.266 e. The molecule has 0 spiro atoms. The fraction of sp³-hybridized carbons (Fsp3) is 1.00. The van der Waals surface area contributed by atoms with Gasteiger partial charge in [-0.2, -0.15) is 4.21 Å². The van der Waals surface area contributed by atoms with Crippen LogP contribution in [-0.2, 0) is 24.4 Å². The van der Waals surface area contributed by atoms with Gasteiger partial charge in [0.15, 0.2) is 0 Å². The van der Waals surface area contributed by atoms with E-state index in [1.165, 1.54) is 0 Å². The summed E-state index contributed by atoms with van der Waals surface area (Å²) in [5.41, 5.74) is 0. The van der Waals surface area contributed by atoms with E-state index in [-0.39, 0.29) is 13.2 Å². The molecule has 0 aliphatic rings. The minimum absolute atomic E-state index is 0.204. The van der Waals surface area contributed by atoms with Crippen molar-refractivity contribution in [1.82, 2.24) is 0 Å². The van der Waals surface area contributed by atoms with Crippen LogP contribution in [0.3, 0.4) is 0 Å². The topological polar surface area (TPSA) is 66.8 Å². The Balaban J connectivity index is 3.38. The fourth-order valence-corrected chi connectivity index (χ4v) is 1.66.